The van der Waals surface area contributed by atoms with Crippen molar-refractivity contribution in [3.8, 4) is 0 Å². The van der Waals surface area contributed by atoms with Gasteiger partial charge >= 0.3 is 5.97 Å². The maximum Gasteiger partial charge on any atom is 0.341 e. The van der Waals surface area contributed by atoms with E-state index in [1.807, 2.05) is 0 Å². The Morgan fingerprint density at radius 1 is 1.25 bits per heavy atom. The second-order valence-electron chi connectivity index (χ2n) is 6.60. The number of aromatic carboxylic acids is 1. The molecule has 12 nitrogen and oxygen atoms in total. The molecule has 1 unspecified atom stereocenters. The minimum Gasteiger partial charge on any atom is -0.477 e. The highest BCUT2D eigenvalue weighted by Crippen LogP contribution is 2.16. The molecular formula is C20H22N6O6. The molecule has 1 aromatic carbocycles. The summed E-state index contributed by atoms with van der Waals surface area (Å²) in [5.41, 5.74) is 4.69. The standard InChI is InChI=1S/C17H18N4O6.C3H4N2/c1-8(22)20-12(4-5-14(18)23)16(25)21-9-2-3-10-13(6-9)19-7-11(15(10)24)17(26)27;1-2-5-3-4-1/h2-3,6-7,12H,4-5H2,1H3,(H2,18,23)(H,19,24)(H,20,22)(H,21,25)(H,26,27);1-3H,(H,4,5). The Hall–Kier alpha value is -4.48. The van der Waals surface area contributed by atoms with Crippen molar-refractivity contribution in [2.75, 3.05) is 5.32 Å². The molecule has 2 heterocycles. The van der Waals surface area contributed by atoms with Gasteiger partial charge in [-0.15, -0.1) is 0 Å². The molecule has 0 aliphatic heterocycles. The fraction of sp³-hybridized carbons (Fsp3) is 0.200. The van der Waals surface area contributed by atoms with Crippen molar-refractivity contribution in [1.82, 2.24) is 20.3 Å². The highest BCUT2D eigenvalue weighted by Gasteiger charge is 2.20. The van der Waals surface area contributed by atoms with E-state index in [2.05, 4.69) is 25.6 Å². The number of nitrogens with zero attached hydrogens (tertiary/aromatic N) is 1. The van der Waals surface area contributed by atoms with E-state index < -0.39 is 40.7 Å². The van der Waals surface area contributed by atoms with Gasteiger partial charge in [0.2, 0.25) is 23.2 Å². The lowest BCUT2D eigenvalue weighted by Crippen LogP contribution is -2.43. The molecule has 32 heavy (non-hydrogen) atoms. The number of primary amides is 1. The number of aromatic amines is 2. The Morgan fingerprint density at radius 2 is 2.00 bits per heavy atom. The number of anilines is 1. The van der Waals surface area contributed by atoms with Crippen LogP contribution < -0.4 is 21.8 Å². The number of imidazole rings is 1. The summed E-state index contributed by atoms with van der Waals surface area (Å²) < 4.78 is 0. The van der Waals surface area contributed by atoms with Gasteiger partial charge in [0.05, 0.1) is 11.8 Å². The highest BCUT2D eigenvalue weighted by molar-refractivity contribution is 5.99. The molecule has 0 saturated carbocycles. The van der Waals surface area contributed by atoms with Crippen LogP contribution in [0.1, 0.15) is 30.1 Å². The first kappa shape index (κ1) is 23.8. The smallest absolute Gasteiger partial charge is 0.341 e. The van der Waals surface area contributed by atoms with Gasteiger partial charge < -0.3 is 31.4 Å². The van der Waals surface area contributed by atoms with Gasteiger partial charge in [0.15, 0.2) is 0 Å². The van der Waals surface area contributed by atoms with E-state index in [1.54, 1.807) is 18.7 Å². The lowest BCUT2D eigenvalue weighted by molar-refractivity contribution is -0.126. The number of amides is 3. The Kier molecular flexibility index (Phi) is 8.22. The average molecular weight is 442 g/mol. The molecule has 168 valence electrons. The number of rotatable bonds is 7. The molecule has 7 N–H and O–H groups in total. The van der Waals surface area contributed by atoms with E-state index >= 15 is 0 Å². The number of carbonyl (C=O) groups excluding carboxylic acids is 3. The van der Waals surface area contributed by atoms with Gasteiger partial charge in [-0.1, -0.05) is 0 Å². The number of H-pyrrole nitrogens is 2. The van der Waals surface area contributed by atoms with Crippen LogP contribution in [0.4, 0.5) is 5.69 Å². The number of nitrogens with two attached hydrogens (primary N) is 1. The first-order valence-corrected chi connectivity index (χ1v) is 9.36. The fourth-order valence-electron chi connectivity index (χ4n) is 2.70. The molecule has 0 bridgehead atoms. The van der Waals surface area contributed by atoms with E-state index in [0.717, 1.165) is 6.20 Å². The molecule has 0 radical (unpaired) electrons. The van der Waals surface area contributed by atoms with Crippen LogP contribution in [0.5, 0.6) is 0 Å². The zero-order valence-corrected chi connectivity index (χ0v) is 17.0. The number of nitrogens with one attached hydrogen (secondary N) is 4. The molecule has 1 atom stereocenters. The predicted octanol–water partition coefficient (Wildman–Crippen LogP) is 0.345. The molecule has 2 aromatic heterocycles. The Labute approximate surface area is 181 Å². The van der Waals surface area contributed by atoms with Crippen LogP contribution in [0.3, 0.4) is 0 Å². The molecule has 0 aliphatic carbocycles. The quantitative estimate of drug-likeness (QED) is 0.303. The molecular weight excluding hydrogens is 420 g/mol. The maximum absolute atomic E-state index is 12.4. The van der Waals surface area contributed by atoms with E-state index in [0.29, 0.717) is 11.2 Å². The summed E-state index contributed by atoms with van der Waals surface area (Å²) in [6.07, 6.45) is 6.11. The summed E-state index contributed by atoms with van der Waals surface area (Å²) in [5.74, 6) is -2.95. The Morgan fingerprint density at radius 3 is 2.53 bits per heavy atom. The Bertz CT molecular complexity index is 1150. The normalized spacial score (nSPS) is 11.0. The zero-order valence-electron chi connectivity index (χ0n) is 17.0. The largest absolute Gasteiger partial charge is 0.477 e. The van der Waals surface area contributed by atoms with Gasteiger partial charge in [0.25, 0.3) is 0 Å². The zero-order chi connectivity index (χ0) is 23.7. The summed E-state index contributed by atoms with van der Waals surface area (Å²) in [7, 11) is 0. The van der Waals surface area contributed by atoms with Crippen molar-refractivity contribution in [2.45, 2.75) is 25.8 Å². The van der Waals surface area contributed by atoms with Crippen LogP contribution in [-0.4, -0.2) is 49.8 Å². The van der Waals surface area contributed by atoms with Crippen LogP contribution >= 0.6 is 0 Å². The number of hydrogen-bond acceptors (Lipinski definition) is 6. The number of carbonyl (C=O) groups is 4. The number of pyridine rings is 1. The van der Waals surface area contributed by atoms with E-state index in [9.17, 15) is 24.0 Å². The first-order valence-electron chi connectivity index (χ1n) is 9.36. The number of hydrogen-bond donors (Lipinski definition) is 6. The summed E-state index contributed by atoms with van der Waals surface area (Å²) in [6.45, 7) is 1.24. The topological polar surface area (TPSA) is 200 Å². The van der Waals surface area contributed by atoms with Crippen LogP contribution in [0.25, 0.3) is 10.9 Å². The third-order valence-corrected chi connectivity index (χ3v) is 4.16. The van der Waals surface area contributed by atoms with Gasteiger partial charge in [-0.05, 0) is 24.6 Å². The van der Waals surface area contributed by atoms with Crippen LogP contribution in [-0.2, 0) is 14.4 Å². The van der Waals surface area contributed by atoms with Crippen molar-refractivity contribution in [3.63, 3.8) is 0 Å². The average Bonchev–Trinajstić information content (AvgIpc) is 3.30. The van der Waals surface area contributed by atoms with Gasteiger partial charge in [-0.2, -0.15) is 0 Å². The molecule has 0 fully saturated rings. The lowest BCUT2D eigenvalue weighted by Gasteiger charge is -2.17. The second-order valence-corrected chi connectivity index (χ2v) is 6.60. The highest BCUT2D eigenvalue weighted by atomic mass is 16.4. The molecule has 0 spiro atoms. The minimum absolute atomic E-state index is 0.0349. The molecule has 0 aliphatic rings. The van der Waals surface area contributed by atoms with Gasteiger partial charge in [0.1, 0.15) is 11.6 Å². The predicted molar refractivity (Wildman–Crippen MR) is 115 cm³/mol. The molecule has 3 amide bonds. The maximum atomic E-state index is 12.4. The van der Waals surface area contributed by atoms with Crippen LogP contribution in [0.15, 0.2) is 47.9 Å². The SMILES string of the molecule is CC(=O)NC(CCC(N)=O)C(=O)Nc1ccc2c(=O)c(C(=O)O)c[nH]c2c1.c1c[nH]cn1. The van der Waals surface area contributed by atoms with Crippen molar-refractivity contribution >= 4 is 40.3 Å². The van der Waals surface area contributed by atoms with Crippen LogP contribution in [0.2, 0.25) is 0 Å². The van der Waals surface area contributed by atoms with E-state index in [1.165, 1.54) is 25.1 Å². The molecule has 3 aromatic rings. The molecule has 3 rings (SSSR count). The van der Waals surface area contributed by atoms with Gasteiger partial charge in [-0.3, -0.25) is 19.2 Å². The molecule has 12 heteroatoms. The van der Waals surface area contributed by atoms with Crippen LogP contribution in [0, 0.1) is 0 Å². The number of aromatic nitrogens is 3. The number of carboxylic acids is 1. The van der Waals surface area contributed by atoms with Gasteiger partial charge in [-0.25, -0.2) is 9.78 Å². The summed E-state index contributed by atoms with van der Waals surface area (Å²) in [5, 5.41) is 14.1. The lowest BCUT2D eigenvalue weighted by atomic mass is 10.1. The summed E-state index contributed by atoms with van der Waals surface area (Å²) >= 11 is 0. The van der Waals surface area contributed by atoms with Crippen molar-refractivity contribution < 1.29 is 24.3 Å². The van der Waals surface area contributed by atoms with E-state index in [4.69, 9.17) is 10.8 Å². The second kappa shape index (κ2) is 11.1. The van der Waals surface area contributed by atoms with E-state index in [-0.39, 0.29) is 18.2 Å². The first-order chi connectivity index (χ1) is 15.2. The fourth-order valence-corrected chi connectivity index (χ4v) is 2.70. The number of carboxylic acid groups (broad SMARTS) is 1. The minimum atomic E-state index is -1.34. The molecule has 0 saturated heterocycles. The van der Waals surface area contributed by atoms with Crippen molar-refractivity contribution in [2.24, 2.45) is 5.73 Å². The number of benzene rings is 1. The monoisotopic (exact) mass is 442 g/mol. The third-order valence-electron chi connectivity index (χ3n) is 4.16. The third kappa shape index (κ3) is 6.79. The van der Waals surface area contributed by atoms with Crippen molar-refractivity contribution in [3.05, 3.63) is 58.9 Å². The summed E-state index contributed by atoms with van der Waals surface area (Å²) in [6, 6.07) is 3.31. The Balaban J connectivity index is 0.000000636. The van der Waals surface area contributed by atoms with Crippen molar-refractivity contribution in [1.29, 1.82) is 0 Å². The number of fused-ring (bicyclic) bond motifs is 1. The summed E-state index contributed by atoms with van der Waals surface area (Å²) in [4.78, 5) is 66.8. The van der Waals surface area contributed by atoms with Gasteiger partial charge in [0, 0.05) is 43.0 Å².